The number of sulfonamides is 1. The van der Waals surface area contributed by atoms with Gasteiger partial charge in [-0.25, -0.2) is 13.2 Å². The molecule has 3 aromatic rings. The molecule has 0 unspecified atom stereocenters. The number of hydrogen-bond donors (Lipinski definition) is 3. The minimum atomic E-state index is -4.08. The lowest BCUT2D eigenvalue weighted by molar-refractivity contribution is 0.0373. The van der Waals surface area contributed by atoms with E-state index in [2.05, 4.69) is 10.0 Å². The van der Waals surface area contributed by atoms with Crippen molar-refractivity contribution in [1.82, 2.24) is 9.80 Å². The van der Waals surface area contributed by atoms with Gasteiger partial charge >= 0.3 is 6.03 Å². The van der Waals surface area contributed by atoms with Gasteiger partial charge in [0.1, 0.15) is 11.9 Å². The highest BCUT2D eigenvalue weighted by atomic mass is 35.5. The van der Waals surface area contributed by atoms with Crippen LogP contribution in [0.25, 0.3) is 0 Å². The summed E-state index contributed by atoms with van der Waals surface area (Å²) in [7, 11) is -0.911. The number of fused-ring (bicyclic) bond motifs is 1. The number of carbonyl (C=O) groups is 2. The molecule has 1 heterocycles. The van der Waals surface area contributed by atoms with Gasteiger partial charge in [0.15, 0.2) is 5.75 Å². The van der Waals surface area contributed by atoms with E-state index in [1.54, 1.807) is 57.5 Å². The smallest absolute Gasteiger partial charge is 0.321 e. The van der Waals surface area contributed by atoms with Gasteiger partial charge < -0.3 is 29.7 Å². The van der Waals surface area contributed by atoms with Crippen LogP contribution in [-0.2, 0) is 10.0 Å². The number of anilines is 2. The molecule has 3 aromatic carbocycles. The van der Waals surface area contributed by atoms with Crippen molar-refractivity contribution in [3.8, 4) is 11.5 Å². The Bertz CT molecular complexity index is 1550. The lowest BCUT2D eigenvalue weighted by Crippen LogP contribution is -2.50. The van der Waals surface area contributed by atoms with Crippen LogP contribution in [0.5, 0.6) is 11.5 Å². The van der Waals surface area contributed by atoms with Crippen LogP contribution in [0.4, 0.5) is 16.2 Å². The molecule has 0 saturated heterocycles. The number of nitrogens with one attached hydrogen (secondary N) is 2. The van der Waals surface area contributed by atoms with Crippen LogP contribution in [0, 0.1) is 5.92 Å². The summed E-state index contributed by atoms with van der Waals surface area (Å²) >= 11 is 5.94. The molecule has 0 spiro atoms. The van der Waals surface area contributed by atoms with Crippen molar-refractivity contribution in [1.29, 1.82) is 0 Å². The zero-order valence-corrected chi connectivity index (χ0v) is 25.9. The maximum atomic E-state index is 13.7. The molecule has 3 amide bonds. The Morgan fingerprint density at radius 3 is 2.47 bits per heavy atom. The van der Waals surface area contributed by atoms with E-state index in [-0.39, 0.29) is 47.5 Å². The number of para-hydroxylation sites is 1. The van der Waals surface area contributed by atoms with Gasteiger partial charge in [0.05, 0.1) is 42.4 Å². The fraction of sp³-hybridized carbons (Fsp3) is 0.333. The lowest BCUT2D eigenvalue weighted by atomic mass is 9.99. The van der Waals surface area contributed by atoms with Crippen molar-refractivity contribution in [2.24, 2.45) is 5.92 Å². The first-order valence-corrected chi connectivity index (χ1v) is 15.5. The molecule has 0 bridgehead atoms. The number of hydrogen-bond acceptors (Lipinski definition) is 7. The number of aliphatic hydroxyl groups is 1. The van der Waals surface area contributed by atoms with Crippen LogP contribution < -0.4 is 19.5 Å². The minimum Gasteiger partial charge on any atom is -0.497 e. The van der Waals surface area contributed by atoms with E-state index in [1.165, 1.54) is 40.1 Å². The molecule has 0 radical (unpaired) electrons. The number of ether oxygens (including phenoxy) is 2. The van der Waals surface area contributed by atoms with Crippen LogP contribution in [0.15, 0.2) is 71.6 Å². The highest BCUT2D eigenvalue weighted by molar-refractivity contribution is 7.92. The number of nitrogens with zero attached hydrogens (tertiary/aromatic N) is 2. The molecular weight excluding hydrogens is 596 g/mol. The van der Waals surface area contributed by atoms with Crippen LogP contribution in [-0.4, -0.2) is 81.3 Å². The lowest BCUT2D eigenvalue weighted by Gasteiger charge is -2.38. The molecule has 1 aliphatic rings. The van der Waals surface area contributed by atoms with Gasteiger partial charge in [-0.05, 0) is 67.6 Å². The van der Waals surface area contributed by atoms with Gasteiger partial charge in [-0.15, -0.1) is 0 Å². The predicted molar refractivity (Wildman–Crippen MR) is 165 cm³/mol. The standard InChI is InChI=1S/C30H35ClN4O7S/c1-19-16-35(20(2)18-36)29(37)25-6-5-7-26(33-43(39,40)24-14-8-21(31)9-15-24)28(25)42-27(19)17-34(3)30(38)32-22-10-12-23(41-4)13-11-22/h5-15,19-20,27,33,36H,16-18H2,1-4H3,(H,32,38)/t19-,20+,27+/m1/s1. The van der Waals surface area contributed by atoms with Gasteiger partial charge in [0.25, 0.3) is 15.9 Å². The molecule has 0 aliphatic carbocycles. The van der Waals surface area contributed by atoms with Crippen LogP contribution >= 0.6 is 11.6 Å². The first kappa shape index (κ1) is 31.9. The molecule has 230 valence electrons. The monoisotopic (exact) mass is 630 g/mol. The summed E-state index contributed by atoms with van der Waals surface area (Å²) in [5, 5.41) is 13.1. The van der Waals surface area contributed by atoms with E-state index in [1.807, 2.05) is 6.92 Å². The Morgan fingerprint density at radius 1 is 1.16 bits per heavy atom. The van der Waals surface area contributed by atoms with E-state index in [0.717, 1.165) is 0 Å². The Labute approximate surface area is 256 Å². The number of halogens is 1. The quantitative estimate of drug-likeness (QED) is 0.316. The van der Waals surface area contributed by atoms with Crippen molar-refractivity contribution >= 4 is 44.9 Å². The largest absolute Gasteiger partial charge is 0.497 e. The van der Waals surface area contributed by atoms with E-state index >= 15 is 0 Å². The van der Waals surface area contributed by atoms with Crippen molar-refractivity contribution in [3.63, 3.8) is 0 Å². The number of benzene rings is 3. The Kier molecular flexibility index (Phi) is 10.0. The summed E-state index contributed by atoms with van der Waals surface area (Å²) in [5.74, 6) is -0.0515. The Hall–Kier alpha value is -4.00. The van der Waals surface area contributed by atoms with Crippen LogP contribution in [0.3, 0.4) is 0 Å². The normalized spacial score (nSPS) is 17.5. The fourth-order valence-corrected chi connectivity index (χ4v) is 5.79. The zero-order valence-electron chi connectivity index (χ0n) is 24.3. The third-order valence-corrected chi connectivity index (χ3v) is 8.83. The second kappa shape index (κ2) is 13.5. The van der Waals surface area contributed by atoms with Crippen molar-refractivity contribution in [3.05, 3.63) is 77.3 Å². The number of urea groups is 1. The van der Waals surface area contributed by atoms with Crippen LogP contribution in [0.1, 0.15) is 24.2 Å². The molecule has 43 heavy (non-hydrogen) atoms. The molecular formula is C30H35ClN4O7S. The second-order valence-corrected chi connectivity index (χ2v) is 12.5. The van der Waals surface area contributed by atoms with E-state index in [9.17, 15) is 23.1 Å². The number of amides is 3. The number of methoxy groups -OCH3 is 1. The number of aliphatic hydroxyl groups excluding tert-OH is 1. The van der Waals surface area contributed by atoms with Crippen LogP contribution in [0.2, 0.25) is 5.02 Å². The van der Waals surface area contributed by atoms with Gasteiger partial charge in [-0.2, -0.15) is 0 Å². The van der Waals surface area contributed by atoms with E-state index in [4.69, 9.17) is 21.1 Å². The van der Waals surface area contributed by atoms with Gasteiger partial charge in [-0.3, -0.25) is 9.52 Å². The Morgan fingerprint density at radius 2 is 1.84 bits per heavy atom. The van der Waals surface area contributed by atoms with Crippen molar-refractivity contribution in [2.45, 2.75) is 30.9 Å². The number of carbonyl (C=O) groups excluding carboxylic acids is 2. The molecule has 13 heteroatoms. The SMILES string of the molecule is COc1ccc(NC(=O)N(C)C[C@@H]2Oc3c(NS(=O)(=O)c4ccc(Cl)cc4)cccc3C(=O)N([C@@H](C)CO)C[C@H]2C)cc1. The first-order chi connectivity index (χ1) is 20.4. The molecule has 0 fully saturated rings. The Balaban J connectivity index is 1.66. The third-order valence-electron chi connectivity index (χ3n) is 7.20. The topological polar surface area (TPSA) is 138 Å². The fourth-order valence-electron chi connectivity index (χ4n) is 4.61. The van der Waals surface area contributed by atoms with E-state index < -0.39 is 34.1 Å². The second-order valence-electron chi connectivity index (χ2n) is 10.4. The summed E-state index contributed by atoms with van der Waals surface area (Å²) < 4.78 is 40.7. The maximum absolute atomic E-state index is 13.7. The average molecular weight is 631 g/mol. The maximum Gasteiger partial charge on any atom is 0.321 e. The summed E-state index contributed by atoms with van der Waals surface area (Å²) in [4.78, 5) is 29.8. The molecule has 1 aliphatic heterocycles. The van der Waals surface area contributed by atoms with Crippen molar-refractivity contribution < 1.29 is 32.6 Å². The highest BCUT2D eigenvalue weighted by Gasteiger charge is 2.35. The van der Waals surface area contributed by atoms with Gasteiger partial charge in [0.2, 0.25) is 0 Å². The van der Waals surface area contributed by atoms with E-state index in [0.29, 0.717) is 16.5 Å². The summed E-state index contributed by atoms with van der Waals surface area (Å²) in [6, 6.07) is 16.2. The summed E-state index contributed by atoms with van der Waals surface area (Å²) in [6.45, 7) is 3.67. The number of rotatable bonds is 9. The van der Waals surface area contributed by atoms with Gasteiger partial charge in [-0.1, -0.05) is 24.6 Å². The molecule has 3 N–H and O–H groups in total. The summed E-state index contributed by atoms with van der Waals surface area (Å²) in [5.41, 5.74) is 0.753. The third kappa shape index (κ3) is 7.51. The molecule has 4 rings (SSSR count). The number of likely N-dealkylation sites (N-methyl/N-ethyl adjacent to an activating group) is 1. The molecule has 11 nitrogen and oxygen atoms in total. The predicted octanol–water partition coefficient (Wildman–Crippen LogP) is 4.53. The molecule has 3 atom stereocenters. The van der Waals surface area contributed by atoms with Gasteiger partial charge in [0, 0.05) is 30.2 Å². The average Bonchev–Trinajstić information content (AvgIpc) is 2.99. The highest BCUT2D eigenvalue weighted by Crippen LogP contribution is 2.36. The van der Waals surface area contributed by atoms with Crippen molar-refractivity contribution in [2.75, 3.05) is 43.9 Å². The molecule has 0 saturated carbocycles. The molecule has 0 aromatic heterocycles. The summed E-state index contributed by atoms with van der Waals surface area (Å²) in [6.07, 6.45) is -0.659. The first-order valence-electron chi connectivity index (χ1n) is 13.6. The minimum absolute atomic E-state index is 0.0259. The zero-order chi connectivity index (χ0) is 31.3.